The number of nitrogens with two attached hydrogens (primary N) is 1. The van der Waals surface area contributed by atoms with Crippen molar-refractivity contribution in [3.05, 3.63) is 24.4 Å². The predicted molar refractivity (Wildman–Crippen MR) is 79.2 cm³/mol. The van der Waals surface area contributed by atoms with E-state index < -0.39 is 0 Å². The average molecular weight is 273 g/mol. The fourth-order valence-electron chi connectivity index (χ4n) is 2.53. The number of aromatic nitrogens is 1. The van der Waals surface area contributed by atoms with E-state index in [9.17, 15) is 0 Å². The highest BCUT2D eigenvalue weighted by Gasteiger charge is 2.16. The molecule has 0 saturated carbocycles. The Kier molecular flexibility index (Phi) is 3.36. The summed E-state index contributed by atoms with van der Waals surface area (Å²) in [5.41, 5.74) is 5.84. The van der Waals surface area contributed by atoms with Crippen LogP contribution in [0.5, 0.6) is 11.5 Å². The Labute approximate surface area is 118 Å². The highest BCUT2D eigenvalue weighted by molar-refractivity contribution is 5.94. The average Bonchev–Trinajstić information content (AvgIpc) is 2.82. The quantitative estimate of drug-likeness (QED) is 0.895. The number of pyridine rings is 1. The van der Waals surface area contributed by atoms with Gasteiger partial charge in [0.1, 0.15) is 5.82 Å². The van der Waals surface area contributed by atoms with Crippen molar-refractivity contribution in [1.82, 2.24) is 4.98 Å². The molecule has 20 heavy (non-hydrogen) atoms. The maximum Gasteiger partial charge on any atom is 0.231 e. The van der Waals surface area contributed by atoms with E-state index in [1.807, 2.05) is 25.1 Å². The van der Waals surface area contributed by atoms with Gasteiger partial charge in [-0.3, -0.25) is 0 Å². The van der Waals surface area contributed by atoms with Crippen molar-refractivity contribution in [2.45, 2.75) is 32.4 Å². The van der Waals surface area contributed by atoms with Crippen LogP contribution in [0.3, 0.4) is 0 Å². The third kappa shape index (κ3) is 2.49. The van der Waals surface area contributed by atoms with E-state index in [2.05, 4.69) is 17.2 Å². The topological polar surface area (TPSA) is 69.4 Å². The molecular formula is C15H19N3O2. The second-order valence-corrected chi connectivity index (χ2v) is 5.34. The first-order valence-electron chi connectivity index (χ1n) is 6.84. The summed E-state index contributed by atoms with van der Waals surface area (Å²) in [7, 11) is 0. The van der Waals surface area contributed by atoms with Crippen LogP contribution >= 0.6 is 0 Å². The van der Waals surface area contributed by atoms with Gasteiger partial charge in [0.25, 0.3) is 0 Å². The second kappa shape index (κ2) is 5.17. The van der Waals surface area contributed by atoms with Gasteiger partial charge in [-0.05, 0) is 43.9 Å². The summed E-state index contributed by atoms with van der Waals surface area (Å²) in [6.07, 6.45) is 2.69. The van der Waals surface area contributed by atoms with Crippen molar-refractivity contribution >= 4 is 16.6 Å². The van der Waals surface area contributed by atoms with Crippen molar-refractivity contribution < 1.29 is 9.47 Å². The molecule has 0 amide bonds. The molecule has 1 aliphatic rings. The maximum absolute atomic E-state index is 5.84. The zero-order chi connectivity index (χ0) is 14.1. The Morgan fingerprint density at radius 1 is 1.30 bits per heavy atom. The number of nitrogens with one attached hydrogen (secondary N) is 1. The van der Waals surface area contributed by atoms with Gasteiger partial charge in [0.2, 0.25) is 6.79 Å². The first-order chi connectivity index (χ1) is 9.63. The predicted octanol–water partition coefficient (Wildman–Crippen LogP) is 2.50. The molecule has 2 unspecified atom stereocenters. The molecule has 0 radical (unpaired) electrons. The summed E-state index contributed by atoms with van der Waals surface area (Å²) in [5, 5.41) is 5.54. The third-order valence-electron chi connectivity index (χ3n) is 3.37. The molecule has 3 rings (SSSR count). The first-order valence-corrected chi connectivity index (χ1v) is 6.84. The molecule has 1 aromatic heterocycles. The largest absolute Gasteiger partial charge is 0.454 e. The second-order valence-electron chi connectivity index (χ2n) is 5.34. The maximum atomic E-state index is 5.84. The summed E-state index contributed by atoms with van der Waals surface area (Å²) in [4.78, 5) is 4.43. The number of nitrogens with zero attached hydrogens (tertiary/aromatic N) is 1. The van der Waals surface area contributed by atoms with E-state index in [0.29, 0.717) is 0 Å². The molecule has 5 nitrogen and oxygen atoms in total. The van der Waals surface area contributed by atoms with E-state index in [-0.39, 0.29) is 18.9 Å². The number of anilines is 1. The van der Waals surface area contributed by atoms with Gasteiger partial charge in [0.05, 0.1) is 0 Å². The first kappa shape index (κ1) is 13.0. The van der Waals surface area contributed by atoms with Crippen LogP contribution in [0.2, 0.25) is 0 Å². The van der Waals surface area contributed by atoms with E-state index >= 15 is 0 Å². The number of fused-ring (bicyclic) bond motifs is 2. The summed E-state index contributed by atoms with van der Waals surface area (Å²) in [6, 6.07) is 6.36. The van der Waals surface area contributed by atoms with Gasteiger partial charge in [-0.1, -0.05) is 0 Å². The minimum atomic E-state index is 0.161. The van der Waals surface area contributed by atoms with Crippen LogP contribution in [0.4, 0.5) is 5.82 Å². The number of benzene rings is 1. The molecule has 106 valence electrons. The van der Waals surface area contributed by atoms with Crippen molar-refractivity contribution in [3.8, 4) is 11.5 Å². The Morgan fingerprint density at radius 2 is 2.05 bits per heavy atom. The molecular weight excluding hydrogens is 254 g/mol. The van der Waals surface area contributed by atoms with Crippen LogP contribution < -0.4 is 20.5 Å². The zero-order valence-electron chi connectivity index (χ0n) is 11.7. The number of hydrogen-bond acceptors (Lipinski definition) is 5. The van der Waals surface area contributed by atoms with E-state index in [4.69, 9.17) is 15.2 Å². The molecule has 2 heterocycles. The minimum Gasteiger partial charge on any atom is -0.454 e. The van der Waals surface area contributed by atoms with Crippen LogP contribution in [0.1, 0.15) is 20.3 Å². The molecule has 0 bridgehead atoms. The summed E-state index contributed by atoms with van der Waals surface area (Å²) in [5.74, 6) is 2.42. The van der Waals surface area contributed by atoms with Crippen LogP contribution in [-0.2, 0) is 0 Å². The van der Waals surface area contributed by atoms with Gasteiger partial charge in [0, 0.05) is 23.7 Å². The lowest BCUT2D eigenvalue weighted by Crippen LogP contribution is -2.26. The monoisotopic (exact) mass is 273 g/mol. The Bertz CT molecular complexity index is 628. The highest BCUT2D eigenvalue weighted by Crippen LogP contribution is 2.37. The fraction of sp³-hybridized carbons (Fsp3) is 0.400. The molecule has 0 fully saturated rings. The van der Waals surface area contributed by atoms with E-state index in [1.165, 1.54) is 0 Å². The lowest BCUT2D eigenvalue weighted by molar-refractivity contribution is 0.174. The molecule has 3 N–H and O–H groups in total. The Morgan fingerprint density at radius 3 is 2.80 bits per heavy atom. The molecule has 0 spiro atoms. The van der Waals surface area contributed by atoms with Gasteiger partial charge in [-0.15, -0.1) is 0 Å². The van der Waals surface area contributed by atoms with Crippen molar-refractivity contribution in [1.29, 1.82) is 0 Å². The van der Waals surface area contributed by atoms with E-state index in [0.717, 1.165) is 34.5 Å². The lowest BCUT2D eigenvalue weighted by Gasteiger charge is -2.17. The highest BCUT2D eigenvalue weighted by atomic mass is 16.7. The van der Waals surface area contributed by atoms with Gasteiger partial charge < -0.3 is 20.5 Å². The standard InChI is InChI=1S/C15H19N3O2/c1-9(16)5-10(2)18-15-12-7-14-13(19-8-20-14)6-11(12)3-4-17-15/h3-4,6-7,9-10H,5,8,16H2,1-2H3,(H,17,18). The number of ether oxygens (including phenoxy) is 2. The normalized spacial score (nSPS) is 16.1. The molecule has 0 aliphatic carbocycles. The third-order valence-corrected chi connectivity index (χ3v) is 3.37. The van der Waals surface area contributed by atoms with Gasteiger partial charge in [0.15, 0.2) is 11.5 Å². The SMILES string of the molecule is CC(N)CC(C)Nc1nccc2cc3c(cc12)OCO3. The summed E-state index contributed by atoms with van der Waals surface area (Å²) < 4.78 is 10.8. The smallest absolute Gasteiger partial charge is 0.231 e. The van der Waals surface area contributed by atoms with Crippen molar-refractivity contribution in [2.24, 2.45) is 5.73 Å². The number of hydrogen-bond donors (Lipinski definition) is 2. The molecule has 0 saturated heterocycles. The van der Waals surface area contributed by atoms with Gasteiger partial charge in [-0.2, -0.15) is 0 Å². The van der Waals surface area contributed by atoms with E-state index in [1.54, 1.807) is 6.20 Å². The molecule has 2 atom stereocenters. The zero-order valence-corrected chi connectivity index (χ0v) is 11.7. The van der Waals surface area contributed by atoms with Gasteiger partial charge in [-0.25, -0.2) is 4.98 Å². The summed E-state index contributed by atoms with van der Waals surface area (Å²) in [6.45, 7) is 4.40. The molecule has 2 aromatic rings. The van der Waals surface area contributed by atoms with Crippen molar-refractivity contribution in [3.63, 3.8) is 0 Å². The van der Waals surface area contributed by atoms with Gasteiger partial charge >= 0.3 is 0 Å². The van der Waals surface area contributed by atoms with Crippen LogP contribution in [-0.4, -0.2) is 23.9 Å². The fourth-order valence-corrected chi connectivity index (χ4v) is 2.53. The van der Waals surface area contributed by atoms with Crippen LogP contribution in [0.15, 0.2) is 24.4 Å². The Balaban J connectivity index is 1.95. The Hall–Kier alpha value is -2.01. The lowest BCUT2D eigenvalue weighted by atomic mass is 10.1. The van der Waals surface area contributed by atoms with Crippen molar-refractivity contribution in [2.75, 3.05) is 12.1 Å². The molecule has 1 aromatic carbocycles. The minimum absolute atomic E-state index is 0.161. The number of rotatable bonds is 4. The van der Waals surface area contributed by atoms with Crippen LogP contribution in [0.25, 0.3) is 10.8 Å². The summed E-state index contributed by atoms with van der Waals surface area (Å²) >= 11 is 0. The van der Waals surface area contributed by atoms with Crippen LogP contribution in [0, 0.1) is 0 Å². The molecule has 1 aliphatic heterocycles. The molecule has 5 heteroatoms.